The summed E-state index contributed by atoms with van der Waals surface area (Å²) < 4.78 is 5.56. The molecule has 0 unspecified atom stereocenters. The zero-order chi connectivity index (χ0) is 18.5. The van der Waals surface area contributed by atoms with Gasteiger partial charge in [-0.15, -0.1) is 10.2 Å². The van der Waals surface area contributed by atoms with Crippen LogP contribution in [0.1, 0.15) is 18.5 Å². The van der Waals surface area contributed by atoms with Crippen LogP contribution in [-0.4, -0.2) is 21.9 Å². The molecule has 2 aromatic carbocycles. The van der Waals surface area contributed by atoms with E-state index in [9.17, 15) is 4.79 Å². The molecule has 0 aliphatic rings. The number of nitrogens with one attached hydrogen (secondary N) is 1. The second-order valence-corrected chi connectivity index (χ2v) is 7.25. The predicted molar refractivity (Wildman–Crippen MR) is 103 cm³/mol. The SMILES string of the molecule is C[C@@H](NC(=O)CSc1nnc(-c2cccc(Cl)c2)o1)c1ccccc1Cl. The van der Waals surface area contributed by atoms with Crippen LogP contribution in [-0.2, 0) is 4.79 Å². The largest absolute Gasteiger partial charge is 0.411 e. The summed E-state index contributed by atoms with van der Waals surface area (Å²) >= 11 is 13.3. The van der Waals surface area contributed by atoms with Gasteiger partial charge in [0.15, 0.2) is 0 Å². The van der Waals surface area contributed by atoms with E-state index < -0.39 is 0 Å². The van der Waals surface area contributed by atoms with Crippen LogP contribution in [0.2, 0.25) is 10.0 Å². The zero-order valence-electron chi connectivity index (χ0n) is 13.8. The number of carbonyl (C=O) groups is 1. The van der Waals surface area contributed by atoms with Crippen molar-refractivity contribution in [2.45, 2.75) is 18.2 Å². The lowest BCUT2D eigenvalue weighted by Crippen LogP contribution is -2.28. The van der Waals surface area contributed by atoms with Gasteiger partial charge in [0.1, 0.15) is 0 Å². The van der Waals surface area contributed by atoms with Crippen molar-refractivity contribution in [3.8, 4) is 11.5 Å². The van der Waals surface area contributed by atoms with Gasteiger partial charge in [0.05, 0.1) is 11.8 Å². The lowest BCUT2D eigenvalue weighted by atomic mass is 10.1. The van der Waals surface area contributed by atoms with E-state index in [0.717, 1.165) is 11.1 Å². The first kappa shape index (κ1) is 18.8. The molecule has 3 aromatic rings. The first-order valence-corrected chi connectivity index (χ1v) is 9.53. The van der Waals surface area contributed by atoms with E-state index in [0.29, 0.717) is 21.2 Å². The smallest absolute Gasteiger partial charge is 0.277 e. The van der Waals surface area contributed by atoms with Crippen LogP contribution in [0.15, 0.2) is 58.2 Å². The standard InChI is InChI=1S/C18H15Cl2N3O2S/c1-11(14-7-2-3-8-15(14)20)21-16(24)10-26-18-23-22-17(25-18)12-5-4-6-13(19)9-12/h2-9,11H,10H2,1H3,(H,21,24)/t11-/m1/s1. The molecule has 0 saturated heterocycles. The first-order valence-electron chi connectivity index (χ1n) is 7.79. The number of benzene rings is 2. The molecule has 5 nitrogen and oxygen atoms in total. The van der Waals surface area contributed by atoms with Crippen molar-refractivity contribution in [3.63, 3.8) is 0 Å². The molecule has 0 spiro atoms. The van der Waals surface area contributed by atoms with Gasteiger partial charge < -0.3 is 9.73 Å². The monoisotopic (exact) mass is 407 g/mol. The Morgan fingerprint density at radius 2 is 2.00 bits per heavy atom. The molecule has 0 fully saturated rings. The minimum absolute atomic E-state index is 0.148. The number of carbonyl (C=O) groups excluding carboxylic acids is 1. The summed E-state index contributed by atoms with van der Waals surface area (Å²) in [6, 6.07) is 14.4. The summed E-state index contributed by atoms with van der Waals surface area (Å²) in [5.41, 5.74) is 1.60. The molecule has 1 amide bonds. The number of nitrogens with zero attached hydrogens (tertiary/aromatic N) is 2. The molecule has 134 valence electrons. The normalized spacial score (nSPS) is 12.0. The molecule has 3 rings (SSSR count). The van der Waals surface area contributed by atoms with Gasteiger partial charge >= 0.3 is 0 Å². The lowest BCUT2D eigenvalue weighted by molar-refractivity contribution is -0.119. The van der Waals surface area contributed by atoms with Gasteiger partial charge in [0, 0.05) is 15.6 Å². The summed E-state index contributed by atoms with van der Waals surface area (Å²) in [5.74, 6) is 0.371. The maximum atomic E-state index is 12.2. The predicted octanol–water partition coefficient (Wildman–Crippen LogP) is 5.01. The average Bonchev–Trinajstić information content (AvgIpc) is 3.09. The molecule has 0 radical (unpaired) electrons. The molecule has 0 aliphatic heterocycles. The highest BCUT2D eigenvalue weighted by molar-refractivity contribution is 7.99. The Labute approximate surface area is 165 Å². The first-order chi connectivity index (χ1) is 12.5. The number of aromatic nitrogens is 2. The quantitative estimate of drug-likeness (QED) is 0.581. The summed E-state index contributed by atoms with van der Waals surface area (Å²) in [7, 11) is 0. The van der Waals surface area contributed by atoms with Crippen molar-refractivity contribution < 1.29 is 9.21 Å². The molecule has 0 saturated carbocycles. The molecule has 26 heavy (non-hydrogen) atoms. The highest BCUT2D eigenvalue weighted by Crippen LogP contribution is 2.26. The van der Waals surface area contributed by atoms with Crippen LogP contribution in [0.4, 0.5) is 0 Å². The molecule has 1 N–H and O–H groups in total. The Balaban J connectivity index is 1.56. The summed E-state index contributed by atoms with van der Waals surface area (Å²) in [6.45, 7) is 1.88. The Hall–Kier alpha value is -2.02. The minimum atomic E-state index is -0.193. The Kier molecular flexibility index (Phi) is 6.19. The van der Waals surface area contributed by atoms with Gasteiger partial charge in [-0.3, -0.25) is 4.79 Å². The van der Waals surface area contributed by atoms with Crippen molar-refractivity contribution in [3.05, 3.63) is 64.1 Å². The summed E-state index contributed by atoms with van der Waals surface area (Å²) in [6.07, 6.45) is 0. The van der Waals surface area contributed by atoms with Crippen molar-refractivity contribution in [2.24, 2.45) is 0 Å². The molecule has 8 heteroatoms. The van der Waals surface area contributed by atoms with Crippen LogP contribution < -0.4 is 5.32 Å². The van der Waals surface area contributed by atoms with E-state index in [-0.39, 0.29) is 17.7 Å². The molecular formula is C18H15Cl2N3O2S. The number of hydrogen-bond acceptors (Lipinski definition) is 5. The fraction of sp³-hybridized carbons (Fsp3) is 0.167. The third-order valence-electron chi connectivity index (χ3n) is 3.55. The fourth-order valence-corrected chi connectivity index (χ4v) is 3.38. The van der Waals surface area contributed by atoms with E-state index in [1.165, 1.54) is 11.8 Å². The van der Waals surface area contributed by atoms with Crippen molar-refractivity contribution in [1.29, 1.82) is 0 Å². The fourth-order valence-electron chi connectivity index (χ4n) is 2.32. The second kappa shape index (κ2) is 8.58. The van der Waals surface area contributed by atoms with Crippen molar-refractivity contribution in [2.75, 3.05) is 5.75 Å². The maximum Gasteiger partial charge on any atom is 0.277 e. The maximum absolute atomic E-state index is 12.2. The van der Waals surface area contributed by atoms with Crippen LogP contribution in [0.3, 0.4) is 0 Å². The highest BCUT2D eigenvalue weighted by atomic mass is 35.5. The van der Waals surface area contributed by atoms with E-state index in [1.807, 2.05) is 31.2 Å². The minimum Gasteiger partial charge on any atom is -0.411 e. The summed E-state index contributed by atoms with van der Waals surface area (Å²) in [4.78, 5) is 12.2. The highest BCUT2D eigenvalue weighted by Gasteiger charge is 2.15. The van der Waals surface area contributed by atoms with Crippen LogP contribution in [0.5, 0.6) is 0 Å². The van der Waals surface area contributed by atoms with E-state index in [4.69, 9.17) is 27.6 Å². The number of halogens is 2. The Bertz CT molecular complexity index is 917. The molecule has 0 aliphatic carbocycles. The Morgan fingerprint density at radius 1 is 1.19 bits per heavy atom. The molecular weight excluding hydrogens is 393 g/mol. The average molecular weight is 408 g/mol. The lowest BCUT2D eigenvalue weighted by Gasteiger charge is -2.15. The topological polar surface area (TPSA) is 68.0 Å². The summed E-state index contributed by atoms with van der Waals surface area (Å²) in [5, 5.41) is 12.4. The third-order valence-corrected chi connectivity index (χ3v) is 4.95. The van der Waals surface area contributed by atoms with Gasteiger partial charge in [0.2, 0.25) is 11.8 Å². The van der Waals surface area contributed by atoms with Gasteiger partial charge in [-0.1, -0.05) is 59.2 Å². The van der Waals surface area contributed by atoms with Crippen LogP contribution in [0, 0.1) is 0 Å². The third kappa shape index (κ3) is 4.78. The van der Waals surface area contributed by atoms with Gasteiger partial charge in [-0.05, 0) is 36.8 Å². The number of thioether (sulfide) groups is 1. The van der Waals surface area contributed by atoms with Gasteiger partial charge in [-0.2, -0.15) is 0 Å². The zero-order valence-corrected chi connectivity index (χ0v) is 16.1. The van der Waals surface area contributed by atoms with E-state index in [1.54, 1.807) is 24.3 Å². The number of rotatable bonds is 6. The molecule has 1 heterocycles. The van der Waals surface area contributed by atoms with E-state index >= 15 is 0 Å². The van der Waals surface area contributed by atoms with Gasteiger partial charge in [-0.25, -0.2) is 0 Å². The molecule has 1 aromatic heterocycles. The number of hydrogen-bond donors (Lipinski definition) is 1. The van der Waals surface area contributed by atoms with Crippen molar-refractivity contribution >= 4 is 40.9 Å². The second-order valence-electron chi connectivity index (χ2n) is 5.48. The number of amides is 1. The van der Waals surface area contributed by atoms with Gasteiger partial charge in [0.25, 0.3) is 5.22 Å². The Morgan fingerprint density at radius 3 is 2.77 bits per heavy atom. The molecule has 0 bridgehead atoms. The van der Waals surface area contributed by atoms with E-state index in [2.05, 4.69) is 15.5 Å². The van der Waals surface area contributed by atoms with Crippen molar-refractivity contribution in [1.82, 2.24) is 15.5 Å². The molecule has 1 atom stereocenters. The van der Waals surface area contributed by atoms with Crippen LogP contribution in [0.25, 0.3) is 11.5 Å². The van der Waals surface area contributed by atoms with Crippen LogP contribution >= 0.6 is 35.0 Å².